The summed E-state index contributed by atoms with van der Waals surface area (Å²) in [4.78, 5) is 58.3. The van der Waals surface area contributed by atoms with E-state index in [1.165, 1.54) is 75.3 Å². The molecular weight excluding hydrogens is 673 g/mol. The molecule has 0 spiro atoms. The fraction of sp³-hybridized carbons (Fsp3) is 0.667. The molecule has 2 aromatic rings. The summed E-state index contributed by atoms with van der Waals surface area (Å²) in [5, 5.41) is 0. The van der Waals surface area contributed by atoms with Crippen LogP contribution in [0.1, 0.15) is 225 Å². The fourth-order valence-corrected chi connectivity index (χ4v) is 6.92. The summed E-state index contributed by atoms with van der Waals surface area (Å²) < 4.78 is 0. The summed E-state index contributed by atoms with van der Waals surface area (Å²) >= 11 is 0. The van der Waals surface area contributed by atoms with Crippen LogP contribution >= 0.6 is 0 Å². The van der Waals surface area contributed by atoms with Crippen molar-refractivity contribution in [1.82, 2.24) is 0 Å². The second-order valence-corrected chi connectivity index (χ2v) is 15.4. The number of hydrogen-bond acceptors (Lipinski definition) is 6. The van der Waals surface area contributed by atoms with Gasteiger partial charge in [-0.1, -0.05) is 178 Å². The third-order valence-electron chi connectivity index (χ3n) is 10.5. The van der Waals surface area contributed by atoms with Gasteiger partial charge >= 0.3 is 11.9 Å². The van der Waals surface area contributed by atoms with E-state index in [9.17, 15) is 19.2 Å². The maximum atomic E-state index is 12.5. The molecule has 2 aromatic carbocycles. The lowest BCUT2D eigenvalue weighted by molar-refractivity contribution is -0.259. The third kappa shape index (κ3) is 24.2. The SMILES string of the molecule is CCCCCc1ccc(C(=O)CCCCCCCCCCCC(=O)OOC(=O)CCCCCCCCCCCC(=O)c2ccc(CCCCC)cc2)cc1. The summed E-state index contributed by atoms with van der Waals surface area (Å²) in [7, 11) is 0. The van der Waals surface area contributed by atoms with Crippen molar-refractivity contribution in [2.75, 3.05) is 0 Å². The molecular formula is C48H74O6. The molecule has 54 heavy (non-hydrogen) atoms. The van der Waals surface area contributed by atoms with Crippen LogP contribution in [0.15, 0.2) is 48.5 Å². The van der Waals surface area contributed by atoms with Crippen molar-refractivity contribution >= 4 is 23.5 Å². The lowest BCUT2D eigenvalue weighted by Gasteiger charge is -2.05. The molecule has 0 heterocycles. The smallest absolute Gasteiger partial charge is 0.294 e. The molecule has 0 saturated carbocycles. The Kier molecular flexibility index (Phi) is 27.8. The zero-order valence-corrected chi connectivity index (χ0v) is 34.3. The topological polar surface area (TPSA) is 86.7 Å². The number of rotatable bonds is 34. The highest BCUT2D eigenvalue weighted by atomic mass is 17.2. The number of hydrogen-bond donors (Lipinski definition) is 0. The number of unbranched alkanes of at least 4 members (excludes halogenated alkanes) is 20. The third-order valence-corrected chi connectivity index (χ3v) is 10.5. The van der Waals surface area contributed by atoms with E-state index in [4.69, 9.17) is 9.78 Å². The second-order valence-electron chi connectivity index (χ2n) is 15.4. The van der Waals surface area contributed by atoms with Gasteiger partial charge in [0.2, 0.25) is 0 Å². The van der Waals surface area contributed by atoms with Crippen LogP contribution in [-0.4, -0.2) is 23.5 Å². The molecule has 0 bridgehead atoms. The first-order chi connectivity index (χ1) is 26.4. The number of aryl methyl sites for hydroxylation is 2. The Morgan fingerprint density at radius 2 is 0.630 bits per heavy atom. The highest BCUT2D eigenvalue weighted by Gasteiger charge is 2.10. The number of carbonyl (C=O) groups excluding carboxylic acids is 4. The Balaban J connectivity index is 1.31. The summed E-state index contributed by atoms with van der Waals surface area (Å²) in [5.41, 5.74) is 4.33. The number of Topliss-reactive ketones (excluding diaryl/α,β-unsaturated/α-hetero) is 2. The molecule has 0 radical (unpaired) electrons. The largest absolute Gasteiger partial charge is 0.355 e. The molecule has 0 unspecified atom stereocenters. The van der Waals surface area contributed by atoms with E-state index in [0.717, 1.165) is 114 Å². The van der Waals surface area contributed by atoms with Crippen LogP contribution in [0, 0.1) is 0 Å². The van der Waals surface area contributed by atoms with Crippen molar-refractivity contribution in [1.29, 1.82) is 0 Å². The monoisotopic (exact) mass is 747 g/mol. The molecule has 0 aliphatic heterocycles. The van der Waals surface area contributed by atoms with Crippen LogP contribution in [0.2, 0.25) is 0 Å². The zero-order chi connectivity index (χ0) is 38.9. The Labute approximate surface area is 328 Å². The Morgan fingerprint density at radius 1 is 0.352 bits per heavy atom. The summed E-state index contributed by atoms with van der Waals surface area (Å²) in [6.45, 7) is 4.43. The molecule has 6 nitrogen and oxygen atoms in total. The molecule has 0 aliphatic carbocycles. The van der Waals surface area contributed by atoms with Crippen molar-refractivity contribution in [3.8, 4) is 0 Å². The van der Waals surface area contributed by atoms with E-state index in [2.05, 4.69) is 38.1 Å². The van der Waals surface area contributed by atoms with Crippen molar-refractivity contribution in [2.24, 2.45) is 0 Å². The van der Waals surface area contributed by atoms with Crippen LogP contribution in [0.4, 0.5) is 0 Å². The maximum absolute atomic E-state index is 12.5. The highest BCUT2D eigenvalue weighted by molar-refractivity contribution is 5.96. The summed E-state index contributed by atoms with van der Waals surface area (Å²) in [6, 6.07) is 16.4. The lowest BCUT2D eigenvalue weighted by Crippen LogP contribution is -2.11. The normalized spacial score (nSPS) is 11.1. The van der Waals surface area contributed by atoms with Crippen LogP contribution in [0.5, 0.6) is 0 Å². The van der Waals surface area contributed by atoms with E-state index in [1.807, 2.05) is 24.3 Å². The molecule has 0 saturated heterocycles. The average molecular weight is 747 g/mol. The minimum Gasteiger partial charge on any atom is -0.294 e. The van der Waals surface area contributed by atoms with Gasteiger partial charge in [0.15, 0.2) is 11.6 Å². The maximum Gasteiger partial charge on any atom is 0.355 e. The van der Waals surface area contributed by atoms with Gasteiger partial charge in [0, 0.05) is 24.0 Å². The molecule has 0 N–H and O–H groups in total. The van der Waals surface area contributed by atoms with Crippen molar-refractivity contribution in [2.45, 2.75) is 206 Å². The molecule has 302 valence electrons. The van der Waals surface area contributed by atoms with E-state index < -0.39 is 11.9 Å². The Bertz CT molecular complexity index is 1170. The van der Waals surface area contributed by atoms with Crippen LogP contribution in [0.25, 0.3) is 0 Å². The fourth-order valence-electron chi connectivity index (χ4n) is 6.92. The molecule has 0 fully saturated rings. The first-order valence-corrected chi connectivity index (χ1v) is 22.1. The lowest BCUT2D eigenvalue weighted by atomic mass is 10.0. The van der Waals surface area contributed by atoms with Gasteiger partial charge < -0.3 is 0 Å². The van der Waals surface area contributed by atoms with Crippen LogP contribution in [-0.2, 0) is 32.2 Å². The van der Waals surface area contributed by atoms with Gasteiger partial charge in [-0.05, 0) is 62.5 Å². The van der Waals surface area contributed by atoms with Gasteiger partial charge in [0.25, 0.3) is 0 Å². The molecule has 0 aromatic heterocycles. The van der Waals surface area contributed by atoms with E-state index in [0.29, 0.717) is 12.8 Å². The van der Waals surface area contributed by atoms with Gasteiger partial charge in [-0.2, -0.15) is 0 Å². The van der Waals surface area contributed by atoms with Crippen molar-refractivity contribution in [3.63, 3.8) is 0 Å². The average Bonchev–Trinajstić information content (AvgIpc) is 3.18. The second kappa shape index (κ2) is 32.0. The molecule has 0 amide bonds. The van der Waals surface area contributed by atoms with Crippen molar-refractivity contribution < 1.29 is 29.0 Å². The Hall–Kier alpha value is -3.28. The zero-order valence-electron chi connectivity index (χ0n) is 34.3. The van der Waals surface area contributed by atoms with E-state index in [1.54, 1.807) is 0 Å². The van der Waals surface area contributed by atoms with Crippen molar-refractivity contribution in [3.05, 3.63) is 70.8 Å². The molecule has 2 rings (SSSR count). The van der Waals surface area contributed by atoms with Crippen LogP contribution < -0.4 is 0 Å². The van der Waals surface area contributed by atoms with Gasteiger partial charge in [-0.15, -0.1) is 0 Å². The number of ketones is 2. The Morgan fingerprint density at radius 3 is 0.926 bits per heavy atom. The molecule has 0 atom stereocenters. The first kappa shape index (κ1) is 46.9. The van der Waals surface area contributed by atoms with E-state index in [-0.39, 0.29) is 24.4 Å². The van der Waals surface area contributed by atoms with Gasteiger partial charge in [-0.25, -0.2) is 19.4 Å². The number of carbonyl (C=O) groups is 4. The molecule has 0 aliphatic rings. The summed E-state index contributed by atoms with van der Waals surface area (Å²) in [5.74, 6) is -0.441. The summed E-state index contributed by atoms with van der Waals surface area (Å²) in [6.07, 6.45) is 30.3. The van der Waals surface area contributed by atoms with Gasteiger partial charge in [-0.3, -0.25) is 9.59 Å². The highest BCUT2D eigenvalue weighted by Crippen LogP contribution is 2.17. The van der Waals surface area contributed by atoms with E-state index >= 15 is 0 Å². The minimum atomic E-state index is -0.475. The predicted molar refractivity (Wildman–Crippen MR) is 222 cm³/mol. The van der Waals surface area contributed by atoms with Crippen LogP contribution in [0.3, 0.4) is 0 Å². The quantitative estimate of drug-likeness (QED) is 0.0307. The minimum absolute atomic E-state index is 0.255. The number of benzene rings is 2. The first-order valence-electron chi connectivity index (χ1n) is 22.1. The van der Waals surface area contributed by atoms with Gasteiger partial charge in [0.1, 0.15) is 0 Å². The molecule has 6 heteroatoms. The predicted octanol–water partition coefficient (Wildman–Crippen LogP) is 13.8. The standard InChI is InChI=1S/C48H74O6/c1-3-5-21-27-41-33-37-43(38-34-41)45(49)29-23-17-13-9-7-11-15-19-25-31-47(51)53-54-48(52)32-26-20-16-12-8-10-14-18-24-30-46(50)44-39-35-42(36-40-44)28-22-6-4-2/h33-40H,3-32H2,1-2H3. The van der Waals surface area contributed by atoms with Gasteiger partial charge in [0.05, 0.1) is 12.8 Å².